The van der Waals surface area contributed by atoms with Crippen molar-refractivity contribution in [1.82, 2.24) is 5.06 Å². The topological polar surface area (TPSA) is 94.0 Å². The lowest BCUT2D eigenvalue weighted by atomic mass is 9.83. The van der Waals surface area contributed by atoms with Gasteiger partial charge in [0.05, 0.1) is 24.3 Å². The fourth-order valence-corrected chi connectivity index (χ4v) is 7.05. The van der Waals surface area contributed by atoms with Crippen LogP contribution in [0.1, 0.15) is 128 Å². The Morgan fingerprint density at radius 3 is 1.39 bits per heavy atom. The SMILES string of the molecule is CCCCCCCCOc1ccc(-c2ccc(C(=O)OC[C@@]3(C)[N+]([O-])=C(c4ccc(-c5ccc(OCCCCCCCC)cc5)cc4)N([O])C3(C)C)cc2)cc1. The molecule has 4 aromatic rings. The highest BCUT2D eigenvalue weighted by atomic mass is 16.6. The van der Waals surface area contributed by atoms with Gasteiger partial charge in [-0.2, -0.15) is 0 Å². The van der Waals surface area contributed by atoms with Crippen LogP contribution in [0.2, 0.25) is 0 Å². The van der Waals surface area contributed by atoms with Crippen molar-refractivity contribution in [3.8, 4) is 33.8 Å². The zero-order valence-electron chi connectivity index (χ0n) is 34.2. The van der Waals surface area contributed by atoms with Crippen LogP contribution >= 0.6 is 0 Å². The van der Waals surface area contributed by atoms with E-state index in [-0.39, 0.29) is 12.4 Å². The standard InChI is InChI=1S/C48H61N2O6/c1-6-8-10-12-14-16-34-54-43-30-26-39(27-31-43)37-18-22-41(23-19-37)45-49(52)47(3,4)48(5,50(45)53)36-56-46(51)42-24-20-38(21-25-42)40-28-32-44(33-29-40)55-35-17-15-13-11-9-7-2/h18-33H,6-17,34-36H2,1-5H3/t48-/m1/s1. The van der Waals surface area contributed by atoms with Gasteiger partial charge in [0, 0.05) is 5.21 Å². The first-order valence-electron chi connectivity index (χ1n) is 20.7. The van der Waals surface area contributed by atoms with Gasteiger partial charge in [0.25, 0.3) is 0 Å². The maximum atomic E-state index is 13.9. The normalized spacial score (nSPS) is 16.3. The molecule has 1 atom stereocenters. The van der Waals surface area contributed by atoms with Gasteiger partial charge < -0.3 is 19.4 Å². The van der Waals surface area contributed by atoms with Gasteiger partial charge in [-0.3, -0.25) is 4.74 Å². The summed E-state index contributed by atoms with van der Waals surface area (Å²) in [6, 6.07) is 30.5. The number of rotatable bonds is 22. The van der Waals surface area contributed by atoms with Crippen molar-refractivity contribution < 1.29 is 29.0 Å². The molecule has 0 bridgehead atoms. The summed E-state index contributed by atoms with van der Waals surface area (Å²) < 4.78 is 18.3. The third kappa shape index (κ3) is 10.5. The molecule has 1 aliphatic rings. The highest BCUT2D eigenvalue weighted by Gasteiger charge is 2.63. The minimum atomic E-state index is -1.34. The van der Waals surface area contributed by atoms with Crippen LogP contribution in [0.15, 0.2) is 97.1 Å². The Morgan fingerprint density at radius 1 is 0.571 bits per heavy atom. The molecule has 4 aromatic carbocycles. The Hall–Kier alpha value is -4.82. The minimum absolute atomic E-state index is 0.0123. The van der Waals surface area contributed by atoms with Gasteiger partial charge in [-0.25, -0.2) is 4.79 Å². The van der Waals surface area contributed by atoms with Gasteiger partial charge in [0.1, 0.15) is 18.1 Å². The van der Waals surface area contributed by atoms with Crippen LogP contribution in [-0.2, 0) is 9.94 Å². The average molecular weight is 762 g/mol. The molecule has 0 amide bonds. The second-order valence-electron chi connectivity index (χ2n) is 15.8. The van der Waals surface area contributed by atoms with E-state index < -0.39 is 17.0 Å². The van der Waals surface area contributed by atoms with Crippen LogP contribution in [0, 0.1) is 5.21 Å². The second-order valence-corrected chi connectivity index (χ2v) is 15.8. The lowest BCUT2D eigenvalue weighted by molar-refractivity contribution is -0.548. The molecule has 56 heavy (non-hydrogen) atoms. The van der Waals surface area contributed by atoms with Crippen LogP contribution in [0.4, 0.5) is 0 Å². The van der Waals surface area contributed by atoms with Crippen molar-refractivity contribution >= 4 is 11.8 Å². The van der Waals surface area contributed by atoms with E-state index in [4.69, 9.17) is 14.2 Å². The third-order valence-electron chi connectivity index (χ3n) is 11.3. The van der Waals surface area contributed by atoms with Gasteiger partial charge >= 0.3 is 11.8 Å². The number of hydrogen-bond donors (Lipinski definition) is 0. The van der Waals surface area contributed by atoms with E-state index in [1.54, 1.807) is 45.0 Å². The van der Waals surface area contributed by atoms with E-state index in [2.05, 4.69) is 13.8 Å². The number of esters is 1. The van der Waals surface area contributed by atoms with Crippen molar-refractivity contribution in [2.24, 2.45) is 0 Å². The van der Waals surface area contributed by atoms with E-state index >= 15 is 0 Å². The second kappa shape index (κ2) is 20.4. The molecule has 0 saturated heterocycles. The summed E-state index contributed by atoms with van der Waals surface area (Å²) in [4.78, 5) is 13.2. The highest BCUT2D eigenvalue weighted by Crippen LogP contribution is 2.39. The van der Waals surface area contributed by atoms with Crippen molar-refractivity contribution in [1.29, 1.82) is 0 Å². The van der Waals surface area contributed by atoms with Gasteiger partial charge in [0.15, 0.2) is 11.1 Å². The number of nitrogens with zero attached hydrogens (tertiary/aromatic N) is 2. The molecule has 8 nitrogen and oxygen atoms in total. The number of hydrogen-bond acceptors (Lipinski definition) is 6. The fraction of sp³-hybridized carbons (Fsp3) is 0.458. The molecular weight excluding hydrogens is 701 g/mol. The molecule has 1 aliphatic heterocycles. The molecule has 0 N–H and O–H groups in total. The molecule has 1 heterocycles. The summed E-state index contributed by atoms with van der Waals surface area (Å²) in [5.74, 6) is 1.11. The molecule has 5 rings (SSSR count). The van der Waals surface area contributed by atoms with Crippen LogP contribution in [0.5, 0.6) is 11.5 Å². The van der Waals surface area contributed by atoms with Gasteiger partial charge in [-0.05, 0) is 104 Å². The Balaban J connectivity index is 1.15. The Bertz CT molecular complexity index is 1840. The summed E-state index contributed by atoms with van der Waals surface area (Å²) in [6.07, 6.45) is 14.7. The van der Waals surface area contributed by atoms with E-state index in [0.29, 0.717) is 29.1 Å². The summed E-state index contributed by atoms with van der Waals surface area (Å²) in [5.41, 5.74) is 2.24. The Morgan fingerprint density at radius 2 is 0.946 bits per heavy atom. The van der Waals surface area contributed by atoms with Crippen molar-refractivity contribution in [3.63, 3.8) is 0 Å². The molecule has 1 radical (unpaired) electrons. The van der Waals surface area contributed by atoms with Crippen LogP contribution in [0.25, 0.3) is 22.3 Å². The predicted octanol–water partition coefficient (Wildman–Crippen LogP) is 11.8. The summed E-state index contributed by atoms with van der Waals surface area (Å²) in [7, 11) is 0. The minimum Gasteiger partial charge on any atom is -0.714 e. The first-order valence-corrected chi connectivity index (χ1v) is 20.7. The fourth-order valence-electron chi connectivity index (χ4n) is 7.05. The van der Waals surface area contributed by atoms with E-state index in [9.17, 15) is 15.2 Å². The highest BCUT2D eigenvalue weighted by molar-refractivity contribution is 5.96. The summed E-state index contributed by atoms with van der Waals surface area (Å²) in [5, 5.41) is 28.4. The zero-order chi connectivity index (χ0) is 40.0. The number of unbranched alkanes of at least 4 members (excludes halogenated alkanes) is 10. The summed E-state index contributed by atoms with van der Waals surface area (Å²) >= 11 is 0. The molecule has 0 aromatic heterocycles. The lowest BCUT2D eigenvalue weighted by Crippen LogP contribution is -2.58. The maximum absolute atomic E-state index is 13.9. The largest absolute Gasteiger partial charge is 0.714 e. The molecule has 0 saturated carbocycles. The van der Waals surface area contributed by atoms with Crippen molar-refractivity contribution in [3.05, 3.63) is 113 Å². The van der Waals surface area contributed by atoms with Crippen LogP contribution < -0.4 is 9.47 Å². The van der Waals surface area contributed by atoms with E-state index in [1.165, 1.54) is 64.2 Å². The predicted molar refractivity (Wildman–Crippen MR) is 225 cm³/mol. The smallest absolute Gasteiger partial charge is 0.338 e. The number of carbonyl (C=O) groups excluding carboxylic acids is 1. The van der Waals surface area contributed by atoms with Crippen molar-refractivity contribution in [2.45, 2.75) is 123 Å². The number of carbonyl (C=O) groups is 1. The lowest BCUT2D eigenvalue weighted by Gasteiger charge is -2.35. The van der Waals surface area contributed by atoms with E-state index in [1.807, 2.05) is 72.8 Å². The molecule has 0 aliphatic carbocycles. The molecule has 299 valence electrons. The number of ether oxygens (including phenoxy) is 3. The van der Waals surface area contributed by atoms with Gasteiger partial charge in [-0.15, -0.1) is 0 Å². The summed E-state index contributed by atoms with van der Waals surface area (Å²) in [6.45, 7) is 10.7. The number of benzene rings is 4. The Labute approximate surface area is 334 Å². The maximum Gasteiger partial charge on any atom is 0.338 e. The number of amidine groups is 1. The van der Waals surface area contributed by atoms with Gasteiger partial charge in [-0.1, -0.05) is 132 Å². The van der Waals surface area contributed by atoms with Crippen molar-refractivity contribution in [2.75, 3.05) is 19.8 Å². The van der Waals surface area contributed by atoms with Crippen LogP contribution in [0.3, 0.4) is 0 Å². The molecular formula is C48H61N2O6. The quantitative estimate of drug-likeness (QED) is 0.0342. The zero-order valence-corrected chi connectivity index (χ0v) is 34.2. The molecule has 0 spiro atoms. The monoisotopic (exact) mass is 761 g/mol. The Kier molecular flexibility index (Phi) is 15.4. The van der Waals surface area contributed by atoms with Gasteiger partial charge in [0.2, 0.25) is 0 Å². The number of hydroxylamine groups is 3. The first-order chi connectivity index (χ1) is 27.1. The third-order valence-corrected chi connectivity index (χ3v) is 11.3. The molecule has 0 unspecified atom stereocenters. The average Bonchev–Trinajstić information content (AvgIpc) is 3.35. The van der Waals surface area contributed by atoms with E-state index in [0.717, 1.165) is 51.7 Å². The van der Waals surface area contributed by atoms with Crippen LogP contribution in [-0.4, -0.2) is 52.5 Å². The molecule has 0 fully saturated rings. The molecule has 8 heteroatoms. The first kappa shape index (κ1) is 42.3.